The third kappa shape index (κ3) is 2.41. The third-order valence-corrected chi connectivity index (χ3v) is 1.76. The zero-order chi connectivity index (χ0) is 8.81. The van der Waals surface area contributed by atoms with Crippen molar-refractivity contribution in [3.63, 3.8) is 0 Å². The van der Waals surface area contributed by atoms with Gasteiger partial charge in [-0.15, -0.1) is 0 Å². The van der Waals surface area contributed by atoms with Crippen molar-refractivity contribution in [2.24, 2.45) is 0 Å². The van der Waals surface area contributed by atoms with Crippen molar-refractivity contribution in [1.29, 1.82) is 5.26 Å². The third-order valence-electron chi connectivity index (χ3n) is 1.41. The SMILES string of the molecule is N#CCC=Cc1ccccc1Cl. The first kappa shape index (κ1) is 8.83. The fraction of sp³-hybridized carbons (Fsp3) is 0.100. The first-order valence-electron chi connectivity index (χ1n) is 3.62. The van der Waals surface area contributed by atoms with Crippen LogP contribution in [0.5, 0.6) is 0 Å². The fourth-order valence-electron chi connectivity index (χ4n) is 0.849. The normalized spacial score (nSPS) is 10.0. The summed E-state index contributed by atoms with van der Waals surface area (Å²) in [5, 5.41) is 8.99. The molecule has 0 radical (unpaired) electrons. The summed E-state index contributed by atoms with van der Waals surface area (Å²) in [6.07, 6.45) is 4.07. The second-order valence-electron chi connectivity index (χ2n) is 2.29. The van der Waals surface area contributed by atoms with Gasteiger partial charge in [-0.1, -0.05) is 42.0 Å². The van der Waals surface area contributed by atoms with E-state index in [-0.39, 0.29) is 0 Å². The maximum atomic E-state index is 8.28. The minimum Gasteiger partial charge on any atom is -0.198 e. The van der Waals surface area contributed by atoms with Crippen LogP contribution in [-0.2, 0) is 0 Å². The van der Waals surface area contributed by atoms with E-state index < -0.39 is 0 Å². The quantitative estimate of drug-likeness (QED) is 0.680. The molecule has 0 aliphatic carbocycles. The molecular formula is C10H8ClN. The Hall–Kier alpha value is -1.26. The molecule has 12 heavy (non-hydrogen) atoms. The van der Waals surface area contributed by atoms with Crippen molar-refractivity contribution in [2.45, 2.75) is 6.42 Å². The van der Waals surface area contributed by atoms with E-state index in [1.54, 1.807) is 6.08 Å². The maximum Gasteiger partial charge on any atom is 0.0663 e. The molecule has 0 aliphatic rings. The molecule has 0 aliphatic heterocycles. The first-order chi connectivity index (χ1) is 5.84. The molecule has 0 fully saturated rings. The van der Waals surface area contributed by atoms with Gasteiger partial charge in [0.05, 0.1) is 12.5 Å². The average Bonchev–Trinajstić information content (AvgIpc) is 2.09. The molecule has 0 spiro atoms. The molecular weight excluding hydrogens is 170 g/mol. The van der Waals surface area contributed by atoms with Crippen LogP contribution in [0.15, 0.2) is 30.3 Å². The monoisotopic (exact) mass is 177 g/mol. The number of hydrogen-bond donors (Lipinski definition) is 0. The van der Waals surface area contributed by atoms with E-state index in [2.05, 4.69) is 0 Å². The van der Waals surface area contributed by atoms with E-state index in [9.17, 15) is 0 Å². The van der Waals surface area contributed by atoms with E-state index in [1.807, 2.05) is 36.4 Å². The molecule has 1 aromatic carbocycles. The molecule has 0 N–H and O–H groups in total. The van der Waals surface area contributed by atoms with Crippen LogP contribution in [0.25, 0.3) is 6.08 Å². The molecule has 0 bridgehead atoms. The highest BCUT2D eigenvalue weighted by Crippen LogP contribution is 2.16. The number of benzene rings is 1. The summed E-state index contributed by atoms with van der Waals surface area (Å²) < 4.78 is 0. The lowest BCUT2D eigenvalue weighted by molar-refractivity contribution is 1.36. The molecule has 60 valence electrons. The molecule has 0 amide bonds. The molecule has 2 heteroatoms. The van der Waals surface area contributed by atoms with Crippen LogP contribution in [0.2, 0.25) is 5.02 Å². The van der Waals surface area contributed by atoms with Gasteiger partial charge in [-0.2, -0.15) is 5.26 Å². The standard InChI is InChI=1S/C10H8ClN/c11-10-7-2-1-5-9(10)6-3-4-8-12/h1-3,5-7H,4H2. The molecule has 1 rings (SSSR count). The average molecular weight is 178 g/mol. The molecule has 0 saturated heterocycles. The summed E-state index contributed by atoms with van der Waals surface area (Å²) in [5.74, 6) is 0. The summed E-state index contributed by atoms with van der Waals surface area (Å²) in [6.45, 7) is 0. The van der Waals surface area contributed by atoms with Gasteiger partial charge < -0.3 is 0 Å². The second kappa shape index (κ2) is 4.58. The van der Waals surface area contributed by atoms with Gasteiger partial charge >= 0.3 is 0 Å². The molecule has 0 saturated carbocycles. The van der Waals surface area contributed by atoms with E-state index in [1.165, 1.54) is 0 Å². The Morgan fingerprint density at radius 2 is 2.17 bits per heavy atom. The largest absolute Gasteiger partial charge is 0.198 e. The molecule has 0 aromatic heterocycles. The maximum absolute atomic E-state index is 8.28. The van der Waals surface area contributed by atoms with Crippen molar-refractivity contribution < 1.29 is 0 Å². The predicted octanol–water partition coefficient (Wildman–Crippen LogP) is 3.27. The summed E-state index contributed by atoms with van der Waals surface area (Å²) in [5.41, 5.74) is 0.953. The molecule has 1 nitrogen and oxygen atoms in total. The summed E-state index contributed by atoms with van der Waals surface area (Å²) in [6, 6.07) is 9.56. The Balaban J connectivity index is 2.77. The molecule has 0 atom stereocenters. The van der Waals surface area contributed by atoms with Gasteiger partial charge in [0.2, 0.25) is 0 Å². The number of halogens is 1. The van der Waals surface area contributed by atoms with Crippen LogP contribution in [0.1, 0.15) is 12.0 Å². The van der Waals surface area contributed by atoms with Crippen LogP contribution in [-0.4, -0.2) is 0 Å². The van der Waals surface area contributed by atoms with Crippen molar-refractivity contribution in [3.05, 3.63) is 40.9 Å². The zero-order valence-electron chi connectivity index (χ0n) is 6.50. The number of hydrogen-bond acceptors (Lipinski definition) is 1. The van der Waals surface area contributed by atoms with E-state index in [0.29, 0.717) is 11.4 Å². The van der Waals surface area contributed by atoms with Gasteiger partial charge in [0, 0.05) is 5.02 Å². The summed E-state index contributed by atoms with van der Waals surface area (Å²) in [7, 11) is 0. The van der Waals surface area contributed by atoms with Crippen LogP contribution < -0.4 is 0 Å². The van der Waals surface area contributed by atoms with Crippen LogP contribution in [0, 0.1) is 11.3 Å². The fourth-order valence-corrected chi connectivity index (χ4v) is 1.05. The van der Waals surface area contributed by atoms with Crippen LogP contribution in [0.3, 0.4) is 0 Å². The lowest BCUT2D eigenvalue weighted by atomic mass is 10.2. The molecule has 0 heterocycles. The topological polar surface area (TPSA) is 23.8 Å². The summed E-state index contributed by atoms with van der Waals surface area (Å²) in [4.78, 5) is 0. The lowest BCUT2D eigenvalue weighted by Gasteiger charge is -1.94. The van der Waals surface area contributed by atoms with Gasteiger partial charge in [0.15, 0.2) is 0 Å². The summed E-state index contributed by atoms with van der Waals surface area (Å²) >= 11 is 5.87. The number of nitrogens with zero attached hydrogens (tertiary/aromatic N) is 1. The Kier molecular flexibility index (Phi) is 3.37. The van der Waals surface area contributed by atoms with Crippen molar-refractivity contribution >= 4 is 17.7 Å². The lowest BCUT2D eigenvalue weighted by Crippen LogP contribution is -1.72. The highest BCUT2D eigenvalue weighted by Gasteiger charge is 1.91. The Morgan fingerprint density at radius 3 is 2.83 bits per heavy atom. The smallest absolute Gasteiger partial charge is 0.0663 e. The predicted molar refractivity (Wildman–Crippen MR) is 50.7 cm³/mol. The van der Waals surface area contributed by atoms with Crippen LogP contribution >= 0.6 is 11.6 Å². The molecule has 0 unspecified atom stereocenters. The van der Waals surface area contributed by atoms with Gasteiger partial charge in [0.1, 0.15) is 0 Å². The molecule has 1 aromatic rings. The first-order valence-corrected chi connectivity index (χ1v) is 4.00. The number of nitriles is 1. The number of rotatable bonds is 2. The van der Waals surface area contributed by atoms with Gasteiger partial charge in [0.25, 0.3) is 0 Å². The Morgan fingerprint density at radius 1 is 1.42 bits per heavy atom. The van der Waals surface area contributed by atoms with Crippen molar-refractivity contribution in [3.8, 4) is 6.07 Å². The Labute approximate surface area is 76.9 Å². The second-order valence-corrected chi connectivity index (χ2v) is 2.69. The van der Waals surface area contributed by atoms with E-state index in [0.717, 1.165) is 5.56 Å². The van der Waals surface area contributed by atoms with Crippen LogP contribution in [0.4, 0.5) is 0 Å². The minimum atomic E-state index is 0.422. The zero-order valence-corrected chi connectivity index (χ0v) is 7.25. The highest BCUT2D eigenvalue weighted by molar-refractivity contribution is 6.32. The van der Waals surface area contributed by atoms with Gasteiger partial charge in [-0.25, -0.2) is 0 Å². The number of allylic oxidation sites excluding steroid dienone is 1. The minimum absolute atomic E-state index is 0.422. The van der Waals surface area contributed by atoms with Gasteiger partial charge in [-0.05, 0) is 11.6 Å². The highest BCUT2D eigenvalue weighted by atomic mass is 35.5. The van der Waals surface area contributed by atoms with E-state index in [4.69, 9.17) is 16.9 Å². The van der Waals surface area contributed by atoms with Crippen molar-refractivity contribution in [2.75, 3.05) is 0 Å². The Bertz CT molecular complexity index is 323. The van der Waals surface area contributed by atoms with Gasteiger partial charge in [-0.3, -0.25) is 0 Å². The van der Waals surface area contributed by atoms with Crippen molar-refractivity contribution in [1.82, 2.24) is 0 Å². The van der Waals surface area contributed by atoms with E-state index >= 15 is 0 Å².